The number of hydrogen-bond donors (Lipinski definition) is 1. The highest BCUT2D eigenvalue weighted by atomic mass is 32.2. The normalized spacial score (nSPS) is 24.9. The van der Waals surface area contributed by atoms with E-state index in [9.17, 15) is 0 Å². The molecule has 1 atom stereocenters. The maximum Gasteiger partial charge on any atom is 0.0263 e. The average Bonchev–Trinajstić information content (AvgIpc) is 2.71. The van der Waals surface area contributed by atoms with E-state index in [0.717, 1.165) is 18.3 Å². The van der Waals surface area contributed by atoms with Gasteiger partial charge in [0, 0.05) is 42.9 Å². The molecular formula is C14H20N2S. The smallest absolute Gasteiger partial charge is 0.0263 e. The van der Waals surface area contributed by atoms with Gasteiger partial charge in [-0.05, 0) is 25.0 Å². The van der Waals surface area contributed by atoms with Crippen molar-refractivity contribution >= 4 is 11.8 Å². The Morgan fingerprint density at radius 2 is 2.18 bits per heavy atom. The number of nitrogens with one attached hydrogen (secondary N) is 1. The summed E-state index contributed by atoms with van der Waals surface area (Å²) < 4.78 is 0. The molecule has 1 saturated heterocycles. The molecule has 1 N–H and O–H groups in total. The van der Waals surface area contributed by atoms with Gasteiger partial charge in [0.15, 0.2) is 0 Å². The first-order valence-electron chi connectivity index (χ1n) is 6.50. The third-order valence-electron chi connectivity index (χ3n) is 3.63. The van der Waals surface area contributed by atoms with E-state index in [1.54, 1.807) is 5.56 Å². The summed E-state index contributed by atoms with van der Waals surface area (Å²) in [6, 6.07) is 6.90. The Bertz CT molecular complexity index is 399. The molecule has 17 heavy (non-hydrogen) atoms. The number of aryl methyl sites for hydroxylation is 1. The van der Waals surface area contributed by atoms with Crippen molar-refractivity contribution in [2.75, 3.05) is 32.7 Å². The van der Waals surface area contributed by atoms with Gasteiger partial charge in [0.05, 0.1) is 0 Å². The quantitative estimate of drug-likeness (QED) is 0.861. The zero-order chi connectivity index (χ0) is 11.7. The van der Waals surface area contributed by atoms with Gasteiger partial charge in [0.1, 0.15) is 0 Å². The SMILES string of the molecule is Cc1ccc2c(c1)CC(CN1CCNCC1)S2. The van der Waals surface area contributed by atoms with Crippen molar-refractivity contribution in [3.05, 3.63) is 29.3 Å². The minimum absolute atomic E-state index is 0.768. The monoisotopic (exact) mass is 248 g/mol. The van der Waals surface area contributed by atoms with Crippen LogP contribution in [0.1, 0.15) is 11.1 Å². The largest absolute Gasteiger partial charge is 0.314 e. The fourth-order valence-electron chi connectivity index (χ4n) is 2.73. The molecule has 2 aliphatic rings. The van der Waals surface area contributed by atoms with Crippen molar-refractivity contribution in [1.29, 1.82) is 0 Å². The van der Waals surface area contributed by atoms with Crippen LogP contribution in [0.15, 0.2) is 23.1 Å². The lowest BCUT2D eigenvalue weighted by atomic mass is 10.1. The Labute approximate surface area is 108 Å². The van der Waals surface area contributed by atoms with Gasteiger partial charge in [-0.25, -0.2) is 0 Å². The topological polar surface area (TPSA) is 15.3 Å². The number of piperazine rings is 1. The highest BCUT2D eigenvalue weighted by molar-refractivity contribution is 8.00. The molecule has 0 spiro atoms. The molecule has 2 heterocycles. The predicted octanol–water partition coefficient (Wildman–Crippen LogP) is 1.92. The molecule has 1 aromatic carbocycles. The van der Waals surface area contributed by atoms with Crippen molar-refractivity contribution in [1.82, 2.24) is 10.2 Å². The lowest BCUT2D eigenvalue weighted by Crippen LogP contribution is -2.45. The van der Waals surface area contributed by atoms with Gasteiger partial charge in [-0.2, -0.15) is 0 Å². The molecule has 2 nitrogen and oxygen atoms in total. The summed E-state index contributed by atoms with van der Waals surface area (Å²) in [7, 11) is 0. The fourth-order valence-corrected chi connectivity index (χ4v) is 4.08. The zero-order valence-electron chi connectivity index (χ0n) is 10.4. The van der Waals surface area contributed by atoms with Gasteiger partial charge in [-0.3, -0.25) is 4.90 Å². The Hall–Kier alpha value is -0.510. The van der Waals surface area contributed by atoms with Gasteiger partial charge in [0.2, 0.25) is 0 Å². The molecule has 0 saturated carbocycles. The second-order valence-electron chi connectivity index (χ2n) is 5.11. The number of hydrogen-bond acceptors (Lipinski definition) is 3. The summed E-state index contributed by atoms with van der Waals surface area (Å²) in [5.41, 5.74) is 2.96. The van der Waals surface area contributed by atoms with Crippen LogP contribution < -0.4 is 5.32 Å². The third-order valence-corrected chi connectivity index (χ3v) is 4.93. The summed E-state index contributed by atoms with van der Waals surface area (Å²) in [4.78, 5) is 4.11. The molecule has 1 fully saturated rings. The molecule has 3 heteroatoms. The van der Waals surface area contributed by atoms with Crippen molar-refractivity contribution < 1.29 is 0 Å². The fraction of sp³-hybridized carbons (Fsp3) is 0.571. The number of rotatable bonds is 2. The second kappa shape index (κ2) is 5.01. The Kier molecular flexibility index (Phi) is 3.41. The van der Waals surface area contributed by atoms with Crippen LogP contribution in [0.3, 0.4) is 0 Å². The molecule has 0 radical (unpaired) electrons. The number of fused-ring (bicyclic) bond motifs is 1. The number of nitrogens with zero attached hydrogens (tertiary/aromatic N) is 1. The first-order chi connectivity index (χ1) is 8.31. The molecule has 0 aromatic heterocycles. The third kappa shape index (κ3) is 2.67. The van der Waals surface area contributed by atoms with Gasteiger partial charge >= 0.3 is 0 Å². The summed E-state index contributed by atoms with van der Waals surface area (Å²) >= 11 is 2.08. The molecule has 3 rings (SSSR count). The van der Waals surface area contributed by atoms with Crippen LogP contribution in [-0.2, 0) is 6.42 Å². The molecule has 92 valence electrons. The molecule has 0 aliphatic carbocycles. The van der Waals surface area contributed by atoms with Crippen LogP contribution in [0, 0.1) is 6.92 Å². The van der Waals surface area contributed by atoms with E-state index in [1.165, 1.54) is 36.5 Å². The van der Waals surface area contributed by atoms with E-state index in [0.29, 0.717) is 0 Å². The van der Waals surface area contributed by atoms with Crippen LogP contribution >= 0.6 is 11.8 Å². The Morgan fingerprint density at radius 3 is 3.00 bits per heavy atom. The van der Waals surface area contributed by atoms with Gasteiger partial charge < -0.3 is 5.32 Å². The maximum atomic E-state index is 3.42. The predicted molar refractivity (Wildman–Crippen MR) is 73.8 cm³/mol. The van der Waals surface area contributed by atoms with E-state index >= 15 is 0 Å². The first-order valence-corrected chi connectivity index (χ1v) is 7.38. The summed E-state index contributed by atoms with van der Waals surface area (Å²) in [5.74, 6) is 0. The van der Waals surface area contributed by atoms with E-state index < -0.39 is 0 Å². The summed E-state index contributed by atoms with van der Waals surface area (Å²) in [6.45, 7) is 8.18. The lowest BCUT2D eigenvalue weighted by molar-refractivity contribution is 0.242. The van der Waals surface area contributed by atoms with E-state index in [2.05, 4.69) is 47.1 Å². The van der Waals surface area contributed by atoms with Gasteiger partial charge in [-0.1, -0.05) is 17.7 Å². The highest BCUT2D eigenvalue weighted by Gasteiger charge is 2.24. The van der Waals surface area contributed by atoms with Gasteiger partial charge in [0.25, 0.3) is 0 Å². The van der Waals surface area contributed by atoms with Crippen LogP contribution in [0.4, 0.5) is 0 Å². The zero-order valence-corrected chi connectivity index (χ0v) is 11.2. The highest BCUT2D eigenvalue weighted by Crippen LogP contribution is 2.37. The second-order valence-corrected chi connectivity index (χ2v) is 6.45. The van der Waals surface area contributed by atoms with Gasteiger partial charge in [-0.15, -0.1) is 11.8 Å². The van der Waals surface area contributed by atoms with Crippen LogP contribution in [-0.4, -0.2) is 42.9 Å². The standard InChI is InChI=1S/C14H20N2S/c1-11-2-3-14-12(8-11)9-13(17-14)10-16-6-4-15-5-7-16/h2-3,8,13,15H,4-7,9-10H2,1H3. The maximum absolute atomic E-state index is 3.42. The lowest BCUT2D eigenvalue weighted by Gasteiger charge is -2.29. The average molecular weight is 248 g/mol. The summed E-state index contributed by atoms with van der Waals surface area (Å²) in [6.07, 6.45) is 1.26. The summed E-state index contributed by atoms with van der Waals surface area (Å²) in [5, 5.41) is 4.18. The molecular weight excluding hydrogens is 228 g/mol. The number of benzene rings is 1. The molecule has 1 unspecified atom stereocenters. The van der Waals surface area contributed by atoms with Crippen LogP contribution in [0.5, 0.6) is 0 Å². The van der Waals surface area contributed by atoms with Crippen LogP contribution in [0.2, 0.25) is 0 Å². The van der Waals surface area contributed by atoms with E-state index in [-0.39, 0.29) is 0 Å². The minimum Gasteiger partial charge on any atom is -0.314 e. The first kappa shape index (κ1) is 11.6. The molecule has 0 bridgehead atoms. The van der Waals surface area contributed by atoms with E-state index in [1.807, 2.05) is 0 Å². The molecule has 0 amide bonds. The van der Waals surface area contributed by atoms with Crippen molar-refractivity contribution in [2.24, 2.45) is 0 Å². The minimum atomic E-state index is 0.768. The van der Waals surface area contributed by atoms with Crippen LogP contribution in [0.25, 0.3) is 0 Å². The van der Waals surface area contributed by atoms with Crippen molar-refractivity contribution in [3.63, 3.8) is 0 Å². The van der Waals surface area contributed by atoms with E-state index in [4.69, 9.17) is 0 Å². The van der Waals surface area contributed by atoms with Crippen molar-refractivity contribution in [3.8, 4) is 0 Å². The van der Waals surface area contributed by atoms with Crippen molar-refractivity contribution in [2.45, 2.75) is 23.5 Å². The molecule has 2 aliphatic heterocycles. The Morgan fingerprint density at radius 1 is 1.35 bits per heavy atom. The number of thioether (sulfide) groups is 1. The Balaban J connectivity index is 1.61. The molecule has 1 aromatic rings.